The van der Waals surface area contributed by atoms with Crippen molar-refractivity contribution in [1.29, 1.82) is 0 Å². The number of aromatic amines is 2. The van der Waals surface area contributed by atoms with E-state index in [-0.39, 0.29) is 5.91 Å². The van der Waals surface area contributed by atoms with Crippen molar-refractivity contribution in [1.82, 2.24) is 19.9 Å². The molecule has 3 aromatic heterocycles. The predicted octanol–water partition coefficient (Wildman–Crippen LogP) is 4.69. The Hall–Kier alpha value is -3.39. The number of carbonyl (C=O) groups excluding carboxylic acids is 1. The van der Waals surface area contributed by atoms with Crippen LogP contribution in [-0.2, 0) is 16.1 Å². The van der Waals surface area contributed by atoms with Crippen LogP contribution in [0.25, 0.3) is 32.7 Å². The molecule has 166 valence electrons. The van der Waals surface area contributed by atoms with Crippen molar-refractivity contribution in [2.45, 2.75) is 12.6 Å². The Morgan fingerprint density at radius 3 is 3.03 bits per heavy atom. The summed E-state index contributed by atoms with van der Waals surface area (Å²) in [5.41, 5.74) is 4.63. The first-order chi connectivity index (χ1) is 16.2. The first-order valence-electron chi connectivity index (χ1n) is 10.9. The van der Waals surface area contributed by atoms with E-state index in [0.717, 1.165) is 27.3 Å². The molecule has 1 amide bonds. The van der Waals surface area contributed by atoms with E-state index in [2.05, 4.69) is 37.3 Å². The van der Waals surface area contributed by atoms with Crippen LogP contribution in [0.1, 0.15) is 5.56 Å². The molecule has 1 aliphatic rings. The second kappa shape index (κ2) is 8.19. The fourth-order valence-corrected chi connectivity index (χ4v) is 4.90. The van der Waals surface area contributed by atoms with E-state index in [9.17, 15) is 4.79 Å². The Labute approximate surface area is 194 Å². The molecule has 5 aromatic rings. The summed E-state index contributed by atoms with van der Waals surface area (Å²) in [7, 11) is 0. The molecule has 0 aliphatic carbocycles. The number of H-pyrrole nitrogens is 2. The number of carbonyl (C=O) groups is 1. The number of hydrogen-bond donors (Lipinski definition) is 3. The van der Waals surface area contributed by atoms with Gasteiger partial charge in [0, 0.05) is 52.2 Å². The second-order valence-electron chi connectivity index (χ2n) is 8.33. The number of pyridine rings is 1. The Kier molecular flexibility index (Phi) is 5.02. The Morgan fingerprint density at radius 1 is 1.18 bits per heavy atom. The minimum Gasteiger partial charge on any atom is -0.378 e. The van der Waals surface area contributed by atoms with Crippen LogP contribution < -0.4 is 5.32 Å². The number of nitrogens with one attached hydrogen (secondary N) is 3. The number of morpholine rings is 1. The van der Waals surface area contributed by atoms with Crippen LogP contribution in [0.2, 0.25) is 5.02 Å². The molecular formula is C25H22ClN5O2. The number of para-hydroxylation sites is 1. The van der Waals surface area contributed by atoms with Crippen molar-refractivity contribution in [3.8, 4) is 0 Å². The van der Waals surface area contributed by atoms with Crippen molar-refractivity contribution in [3.63, 3.8) is 0 Å². The molecule has 1 fully saturated rings. The van der Waals surface area contributed by atoms with Crippen LogP contribution >= 0.6 is 11.6 Å². The highest BCUT2D eigenvalue weighted by atomic mass is 35.5. The van der Waals surface area contributed by atoms with Gasteiger partial charge in [-0.1, -0.05) is 29.8 Å². The molecule has 6 rings (SSSR count). The Balaban J connectivity index is 1.30. The zero-order valence-electron chi connectivity index (χ0n) is 17.8. The molecule has 0 bridgehead atoms. The predicted molar refractivity (Wildman–Crippen MR) is 131 cm³/mol. The molecule has 0 radical (unpaired) electrons. The van der Waals surface area contributed by atoms with Gasteiger partial charge >= 0.3 is 0 Å². The number of anilines is 1. The largest absolute Gasteiger partial charge is 0.378 e. The minimum atomic E-state index is -0.410. The summed E-state index contributed by atoms with van der Waals surface area (Å²) in [6.07, 6.45) is 5.54. The number of halogens is 1. The average molecular weight is 460 g/mol. The Morgan fingerprint density at radius 2 is 2.09 bits per heavy atom. The van der Waals surface area contributed by atoms with Crippen LogP contribution in [0.5, 0.6) is 0 Å². The minimum absolute atomic E-state index is 0.116. The molecule has 0 saturated carbocycles. The monoisotopic (exact) mass is 459 g/mol. The molecule has 3 N–H and O–H groups in total. The van der Waals surface area contributed by atoms with Crippen molar-refractivity contribution in [3.05, 3.63) is 71.6 Å². The van der Waals surface area contributed by atoms with Gasteiger partial charge in [-0.2, -0.15) is 0 Å². The first kappa shape index (κ1) is 20.2. The summed E-state index contributed by atoms with van der Waals surface area (Å²) in [6, 6.07) is 13.4. The van der Waals surface area contributed by atoms with Crippen molar-refractivity contribution >= 4 is 55.9 Å². The molecule has 2 aromatic carbocycles. The molecule has 1 aliphatic heterocycles. The van der Waals surface area contributed by atoms with E-state index in [4.69, 9.17) is 16.3 Å². The van der Waals surface area contributed by atoms with Gasteiger partial charge in [0.05, 0.1) is 36.1 Å². The van der Waals surface area contributed by atoms with Crippen LogP contribution in [0.15, 0.2) is 61.1 Å². The molecule has 0 unspecified atom stereocenters. The van der Waals surface area contributed by atoms with Gasteiger partial charge in [0.1, 0.15) is 6.04 Å². The van der Waals surface area contributed by atoms with E-state index in [1.807, 2.05) is 30.5 Å². The van der Waals surface area contributed by atoms with E-state index in [1.165, 1.54) is 10.9 Å². The Bertz CT molecular complexity index is 1490. The lowest BCUT2D eigenvalue weighted by molar-refractivity contribution is -0.127. The van der Waals surface area contributed by atoms with Crippen molar-refractivity contribution < 1.29 is 9.53 Å². The molecule has 1 atom stereocenters. The number of aromatic nitrogens is 3. The number of fused-ring (bicyclic) bond motifs is 4. The third-order valence-corrected chi connectivity index (χ3v) is 6.54. The normalized spacial score (nSPS) is 17.2. The quantitative estimate of drug-likeness (QED) is 0.364. The van der Waals surface area contributed by atoms with Gasteiger partial charge in [-0.25, -0.2) is 0 Å². The number of ether oxygens (including phenoxy) is 1. The van der Waals surface area contributed by atoms with E-state index in [0.29, 0.717) is 37.0 Å². The molecule has 1 saturated heterocycles. The standard InChI is InChI=1S/C25H22ClN5O2/c26-16-9-19-18-5-6-27-12-22(18)29-24(19)21(10-16)30-25(32)23-14-33-8-7-31(23)13-15-11-28-20-4-2-1-3-17(15)20/h1-6,9-12,23,28-29H,7-8,13-14H2,(H,30,32)/t23-/m0/s1. The van der Waals surface area contributed by atoms with Crippen molar-refractivity contribution in [2.24, 2.45) is 0 Å². The molecule has 0 spiro atoms. The van der Waals surface area contributed by atoms with Gasteiger partial charge in [-0.05, 0) is 29.8 Å². The number of rotatable bonds is 4. The van der Waals surface area contributed by atoms with Gasteiger partial charge in [-0.15, -0.1) is 0 Å². The first-order valence-corrected chi connectivity index (χ1v) is 11.3. The van der Waals surface area contributed by atoms with E-state index < -0.39 is 6.04 Å². The smallest absolute Gasteiger partial charge is 0.244 e. The van der Waals surface area contributed by atoms with Gasteiger partial charge in [0.25, 0.3) is 0 Å². The highest BCUT2D eigenvalue weighted by molar-refractivity contribution is 6.33. The lowest BCUT2D eigenvalue weighted by Gasteiger charge is -2.34. The lowest BCUT2D eigenvalue weighted by atomic mass is 10.1. The molecule has 7 nitrogen and oxygen atoms in total. The third-order valence-electron chi connectivity index (χ3n) is 6.32. The van der Waals surface area contributed by atoms with Gasteiger partial charge in [0.2, 0.25) is 5.91 Å². The number of benzene rings is 2. The van der Waals surface area contributed by atoms with Crippen LogP contribution in [0.4, 0.5) is 5.69 Å². The second-order valence-corrected chi connectivity index (χ2v) is 8.77. The van der Waals surface area contributed by atoms with E-state index in [1.54, 1.807) is 18.5 Å². The zero-order valence-corrected chi connectivity index (χ0v) is 18.5. The summed E-state index contributed by atoms with van der Waals surface area (Å²) in [5, 5.41) is 6.80. The maximum atomic E-state index is 13.4. The average Bonchev–Trinajstić information content (AvgIpc) is 3.41. The topological polar surface area (TPSA) is 86.0 Å². The summed E-state index contributed by atoms with van der Waals surface area (Å²) < 4.78 is 5.68. The van der Waals surface area contributed by atoms with Crippen LogP contribution in [-0.4, -0.2) is 51.6 Å². The van der Waals surface area contributed by atoms with Crippen LogP contribution in [0, 0.1) is 0 Å². The maximum Gasteiger partial charge on any atom is 0.244 e. The highest BCUT2D eigenvalue weighted by Crippen LogP contribution is 2.33. The third kappa shape index (κ3) is 3.64. The fraction of sp³-hybridized carbons (Fsp3) is 0.200. The molecular weight excluding hydrogens is 438 g/mol. The van der Waals surface area contributed by atoms with Crippen molar-refractivity contribution in [2.75, 3.05) is 25.1 Å². The lowest BCUT2D eigenvalue weighted by Crippen LogP contribution is -2.51. The van der Waals surface area contributed by atoms with Gasteiger partial charge in [-0.3, -0.25) is 14.7 Å². The summed E-state index contributed by atoms with van der Waals surface area (Å²) >= 11 is 6.41. The molecule has 33 heavy (non-hydrogen) atoms. The number of nitrogens with zero attached hydrogens (tertiary/aromatic N) is 2. The number of amides is 1. The van der Waals surface area contributed by atoms with Gasteiger partial charge < -0.3 is 20.0 Å². The molecule has 4 heterocycles. The molecule has 8 heteroatoms. The number of hydrogen-bond acceptors (Lipinski definition) is 4. The summed E-state index contributed by atoms with van der Waals surface area (Å²) in [5.74, 6) is -0.116. The summed E-state index contributed by atoms with van der Waals surface area (Å²) in [6.45, 7) is 2.28. The highest BCUT2D eigenvalue weighted by Gasteiger charge is 2.30. The zero-order chi connectivity index (χ0) is 22.4. The fourth-order valence-electron chi connectivity index (χ4n) is 4.68. The SMILES string of the molecule is O=C(Nc1cc(Cl)cc2c1[nH]c1cnccc12)[C@@H]1COCCN1Cc1c[nH]c2ccccc12. The van der Waals surface area contributed by atoms with E-state index >= 15 is 0 Å². The van der Waals surface area contributed by atoms with Crippen LogP contribution in [0.3, 0.4) is 0 Å². The van der Waals surface area contributed by atoms with Gasteiger partial charge in [0.15, 0.2) is 0 Å². The summed E-state index contributed by atoms with van der Waals surface area (Å²) in [4.78, 5) is 26.5. The maximum absolute atomic E-state index is 13.4.